The maximum atomic E-state index is 12.3. The molecule has 1 rings (SSSR count). The molecular formula is C8H11FN2O2. The second-order valence-corrected chi connectivity index (χ2v) is 3.34. The van der Waals surface area contributed by atoms with Crippen molar-refractivity contribution in [1.82, 2.24) is 10.3 Å². The first-order chi connectivity index (χ1) is 6.05. The number of carbonyl (C=O) groups excluding carboxylic acids is 1. The first-order valence-corrected chi connectivity index (χ1v) is 3.82. The largest absolute Gasteiger partial charge is 0.438 e. The molecule has 0 spiro atoms. The zero-order valence-electron chi connectivity index (χ0n) is 7.50. The van der Waals surface area contributed by atoms with Gasteiger partial charge in [0.1, 0.15) is 6.67 Å². The van der Waals surface area contributed by atoms with Crippen molar-refractivity contribution in [1.29, 1.82) is 0 Å². The Morgan fingerprint density at radius 1 is 1.77 bits per heavy atom. The van der Waals surface area contributed by atoms with Gasteiger partial charge in [-0.1, -0.05) is 0 Å². The van der Waals surface area contributed by atoms with Crippen LogP contribution < -0.4 is 5.32 Å². The van der Waals surface area contributed by atoms with E-state index >= 15 is 0 Å². The van der Waals surface area contributed by atoms with E-state index in [1.807, 2.05) is 0 Å². The van der Waals surface area contributed by atoms with Gasteiger partial charge in [0.2, 0.25) is 5.76 Å². The van der Waals surface area contributed by atoms with E-state index < -0.39 is 18.1 Å². The number of carbonyl (C=O) groups is 1. The lowest BCUT2D eigenvalue weighted by Gasteiger charge is -2.21. The lowest BCUT2D eigenvalue weighted by molar-refractivity contribution is 0.0871. The smallest absolute Gasteiger partial charge is 0.289 e. The number of halogens is 1. The van der Waals surface area contributed by atoms with Gasteiger partial charge < -0.3 is 9.73 Å². The number of aromatic nitrogens is 1. The maximum absolute atomic E-state index is 12.3. The van der Waals surface area contributed by atoms with E-state index in [9.17, 15) is 9.18 Å². The molecule has 0 aliphatic rings. The van der Waals surface area contributed by atoms with E-state index in [4.69, 9.17) is 4.42 Å². The van der Waals surface area contributed by atoms with E-state index in [0.717, 1.165) is 6.39 Å². The zero-order valence-corrected chi connectivity index (χ0v) is 7.50. The third kappa shape index (κ3) is 2.54. The van der Waals surface area contributed by atoms with Crippen molar-refractivity contribution in [2.24, 2.45) is 0 Å². The molecule has 0 aliphatic heterocycles. The number of oxazole rings is 1. The Morgan fingerprint density at radius 3 is 2.92 bits per heavy atom. The highest BCUT2D eigenvalue weighted by molar-refractivity contribution is 5.91. The van der Waals surface area contributed by atoms with Crippen molar-refractivity contribution in [3.63, 3.8) is 0 Å². The molecule has 0 radical (unpaired) electrons. The molecule has 0 unspecified atom stereocenters. The van der Waals surface area contributed by atoms with Gasteiger partial charge in [0.05, 0.1) is 11.7 Å². The van der Waals surface area contributed by atoms with Gasteiger partial charge in [0, 0.05) is 0 Å². The van der Waals surface area contributed by atoms with Crippen LogP contribution in [-0.2, 0) is 0 Å². The number of hydrogen-bond donors (Lipinski definition) is 1. The van der Waals surface area contributed by atoms with E-state index in [1.165, 1.54) is 6.20 Å². The Kier molecular flexibility index (Phi) is 2.65. The van der Waals surface area contributed by atoms with E-state index in [1.54, 1.807) is 13.8 Å². The summed E-state index contributed by atoms with van der Waals surface area (Å²) in [6, 6.07) is 0. The average molecular weight is 186 g/mol. The number of nitrogens with one attached hydrogen (secondary N) is 1. The molecule has 1 heterocycles. The van der Waals surface area contributed by atoms with Crippen molar-refractivity contribution >= 4 is 5.91 Å². The molecule has 0 fully saturated rings. The Labute approximate surface area is 75.1 Å². The quantitative estimate of drug-likeness (QED) is 0.770. The Balaban J connectivity index is 2.61. The number of amides is 1. The summed E-state index contributed by atoms with van der Waals surface area (Å²) >= 11 is 0. The van der Waals surface area contributed by atoms with Gasteiger partial charge in [-0.05, 0) is 13.8 Å². The minimum Gasteiger partial charge on any atom is -0.438 e. The molecule has 0 bridgehead atoms. The first-order valence-electron chi connectivity index (χ1n) is 3.82. The second-order valence-electron chi connectivity index (χ2n) is 3.34. The molecule has 0 aromatic carbocycles. The third-order valence-electron chi connectivity index (χ3n) is 1.44. The van der Waals surface area contributed by atoms with Gasteiger partial charge in [0.15, 0.2) is 6.39 Å². The number of nitrogens with zero attached hydrogens (tertiary/aromatic N) is 1. The normalized spacial score (nSPS) is 11.3. The highest BCUT2D eigenvalue weighted by Gasteiger charge is 2.22. The monoisotopic (exact) mass is 186 g/mol. The predicted octanol–water partition coefficient (Wildman–Crippen LogP) is 1.15. The molecule has 72 valence electrons. The Morgan fingerprint density at radius 2 is 2.46 bits per heavy atom. The van der Waals surface area contributed by atoms with Crippen molar-refractivity contribution in [3.05, 3.63) is 18.4 Å². The fourth-order valence-electron chi connectivity index (χ4n) is 0.730. The van der Waals surface area contributed by atoms with Crippen molar-refractivity contribution in [2.45, 2.75) is 19.4 Å². The summed E-state index contributed by atoms with van der Waals surface area (Å²) in [6.45, 7) is 2.54. The Bertz CT molecular complexity index is 282. The fourth-order valence-corrected chi connectivity index (χ4v) is 0.730. The SMILES string of the molecule is CC(C)(CF)NC(=O)c1cnco1. The van der Waals surface area contributed by atoms with Crippen LogP contribution in [0.5, 0.6) is 0 Å². The van der Waals surface area contributed by atoms with Crippen LogP contribution in [0.1, 0.15) is 24.4 Å². The molecule has 4 nitrogen and oxygen atoms in total. The Hall–Kier alpha value is -1.39. The average Bonchev–Trinajstić information content (AvgIpc) is 2.55. The van der Waals surface area contributed by atoms with Crippen LogP contribution in [-0.4, -0.2) is 23.1 Å². The molecule has 13 heavy (non-hydrogen) atoms. The predicted molar refractivity (Wildman–Crippen MR) is 44.0 cm³/mol. The van der Waals surface area contributed by atoms with Crippen LogP contribution in [0.4, 0.5) is 4.39 Å². The van der Waals surface area contributed by atoms with Crippen LogP contribution in [0.15, 0.2) is 17.0 Å². The topological polar surface area (TPSA) is 55.1 Å². The molecule has 0 atom stereocenters. The molecule has 0 saturated heterocycles. The van der Waals surface area contributed by atoms with Crippen molar-refractivity contribution in [2.75, 3.05) is 6.67 Å². The van der Waals surface area contributed by atoms with Gasteiger partial charge in [-0.25, -0.2) is 9.37 Å². The van der Waals surface area contributed by atoms with Crippen molar-refractivity contribution < 1.29 is 13.6 Å². The summed E-state index contributed by atoms with van der Waals surface area (Å²) in [4.78, 5) is 14.8. The van der Waals surface area contributed by atoms with Crippen LogP contribution in [0.3, 0.4) is 0 Å². The lowest BCUT2D eigenvalue weighted by atomic mass is 10.1. The molecular weight excluding hydrogens is 175 g/mol. The second kappa shape index (κ2) is 3.55. The van der Waals surface area contributed by atoms with Gasteiger partial charge in [-0.15, -0.1) is 0 Å². The summed E-state index contributed by atoms with van der Waals surface area (Å²) in [6.07, 6.45) is 2.43. The molecule has 1 aromatic heterocycles. The molecule has 0 aliphatic carbocycles. The highest BCUT2D eigenvalue weighted by atomic mass is 19.1. The van der Waals surface area contributed by atoms with Gasteiger partial charge in [-0.2, -0.15) is 0 Å². The number of hydrogen-bond acceptors (Lipinski definition) is 3. The zero-order chi connectivity index (χ0) is 9.90. The first kappa shape index (κ1) is 9.70. The minimum atomic E-state index is -0.871. The summed E-state index contributed by atoms with van der Waals surface area (Å²) in [5.41, 5.74) is -0.871. The van der Waals surface area contributed by atoms with Crippen molar-refractivity contribution in [3.8, 4) is 0 Å². The molecule has 0 saturated carbocycles. The van der Waals surface area contributed by atoms with E-state index in [2.05, 4.69) is 10.3 Å². The van der Waals surface area contributed by atoms with Crippen LogP contribution in [0, 0.1) is 0 Å². The summed E-state index contributed by atoms with van der Waals surface area (Å²) in [5, 5.41) is 2.46. The van der Waals surface area contributed by atoms with Gasteiger partial charge in [0.25, 0.3) is 5.91 Å². The standard InChI is InChI=1S/C8H11FN2O2/c1-8(2,4-9)11-7(12)6-3-10-5-13-6/h3,5H,4H2,1-2H3,(H,11,12). The summed E-state index contributed by atoms with van der Waals surface area (Å²) in [5.74, 6) is -0.373. The highest BCUT2D eigenvalue weighted by Crippen LogP contribution is 2.05. The van der Waals surface area contributed by atoms with E-state index in [-0.39, 0.29) is 5.76 Å². The number of alkyl halides is 1. The van der Waals surface area contributed by atoms with Crippen LogP contribution in [0.2, 0.25) is 0 Å². The van der Waals surface area contributed by atoms with Gasteiger partial charge in [-0.3, -0.25) is 4.79 Å². The maximum Gasteiger partial charge on any atom is 0.289 e. The molecule has 1 N–H and O–H groups in total. The molecule has 1 aromatic rings. The van der Waals surface area contributed by atoms with Crippen LogP contribution in [0.25, 0.3) is 0 Å². The fraction of sp³-hybridized carbons (Fsp3) is 0.500. The third-order valence-corrected chi connectivity index (χ3v) is 1.44. The van der Waals surface area contributed by atoms with E-state index in [0.29, 0.717) is 0 Å². The van der Waals surface area contributed by atoms with Crippen LogP contribution >= 0.6 is 0 Å². The molecule has 1 amide bonds. The summed E-state index contributed by atoms with van der Waals surface area (Å²) < 4.78 is 17.1. The van der Waals surface area contributed by atoms with Gasteiger partial charge >= 0.3 is 0 Å². The number of rotatable bonds is 3. The minimum absolute atomic E-state index is 0.0847. The lowest BCUT2D eigenvalue weighted by Crippen LogP contribution is -2.45. The molecule has 5 heteroatoms. The summed E-state index contributed by atoms with van der Waals surface area (Å²) in [7, 11) is 0.